The van der Waals surface area contributed by atoms with E-state index in [-0.39, 0.29) is 48.8 Å². The average Bonchev–Trinajstić information content (AvgIpc) is 3.18. The van der Waals surface area contributed by atoms with E-state index in [0.29, 0.717) is 51.1 Å². The molecular formula is C45H65N7O9. The fourth-order valence-corrected chi connectivity index (χ4v) is 7.77. The second-order valence-corrected chi connectivity index (χ2v) is 17.8. The minimum atomic E-state index is -1.40. The Morgan fingerprint density at radius 3 is 1.69 bits per heavy atom. The van der Waals surface area contributed by atoms with Crippen molar-refractivity contribution < 1.29 is 43.4 Å². The highest BCUT2D eigenvalue weighted by atomic mass is 16.6. The Labute approximate surface area is 359 Å². The molecule has 61 heavy (non-hydrogen) atoms. The molecular weight excluding hydrogens is 783 g/mol. The molecule has 0 unspecified atom stereocenters. The van der Waals surface area contributed by atoms with Crippen LogP contribution in [-0.4, -0.2) is 119 Å². The van der Waals surface area contributed by atoms with Crippen LogP contribution in [0.5, 0.6) is 0 Å². The van der Waals surface area contributed by atoms with Gasteiger partial charge in [0.25, 0.3) is 0 Å². The van der Waals surface area contributed by atoms with Gasteiger partial charge in [0, 0.05) is 57.9 Å². The fourth-order valence-electron chi connectivity index (χ4n) is 7.77. The van der Waals surface area contributed by atoms with E-state index >= 15 is 0 Å². The van der Waals surface area contributed by atoms with Crippen LogP contribution in [0.4, 0.5) is 9.59 Å². The largest absolute Gasteiger partial charge is 0.465 e. The number of carbonyl (C=O) groups excluding carboxylic acids is 6. The summed E-state index contributed by atoms with van der Waals surface area (Å²) >= 11 is 0. The van der Waals surface area contributed by atoms with Gasteiger partial charge in [-0.05, 0) is 76.3 Å². The number of rotatable bonds is 19. The predicted octanol–water partition coefficient (Wildman–Crippen LogP) is 3.77. The number of unbranched alkanes of at least 4 members (excludes halogenated alkanes) is 1. The van der Waals surface area contributed by atoms with Gasteiger partial charge in [-0.15, -0.1) is 0 Å². The van der Waals surface area contributed by atoms with Gasteiger partial charge in [0.1, 0.15) is 29.8 Å². The highest BCUT2D eigenvalue weighted by Gasteiger charge is 2.48. The third-order valence-electron chi connectivity index (χ3n) is 11.0. The van der Waals surface area contributed by atoms with E-state index in [9.17, 15) is 38.7 Å². The van der Waals surface area contributed by atoms with Crippen LogP contribution in [0.25, 0.3) is 0 Å². The van der Waals surface area contributed by atoms with Gasteiger partial charge in [0.15, 0.2) is 0 Å². The third kappa shape index (κ3) is 15.7. The number of ether oxygens (including phenoxy) is 1. The molecule has 0 aromatic heterocycles. The monoisotopic (exact) mass is 847 g/mol. The number of benzene rings is 2. The van der Waals surface area contributed by atoms with E-state index in [0.717, 1.165) is 18.4 Å². The van der Waals surface area contributed by atoms with Gasteiger partial charge >= 0.3 is 12.2 Å². The molecule has 1 spiro atoms. The van der Waals surface area contributed by atoms with Gasteiger partial charge in [0.2, 0.25) is 29.5 Å². The Balaban J connectivity index is 1.50. The Bertz CT molecular complexity index is 1800. The third-order valence-corrected chi connectivity index (χ3v) is 11.0. The van der Waals surface area contributed by atoms with E-state index in [2.05, 4.69) is 26.6 Å². The number of alkyl carbamates (subject to hydrolysis) is 1. The Hall–Kier alpha value is -5.67. The summed E-state index contributed by atoms with van der Waals surface area (Å²) in [4.78, 5) is 95.7. The molecule has 7 amide bonds. The summed E-state index contributed by atoms with van der Waals surface area (Å²) in [7, 11) is 0. The van der Waals surface area contributed by atoms with Gasteiger partial charge in [-0.1, -0.05) is 74.5 Å². The first-order valence-electron chi connectivity index (χ1n) is 21.3. The molecule has 0 bridgehead atoms. The molecule has 4 atom stereocenters. The number of carbonyl (C=O) groups is 7. The first-order valence-corrected chi connectivity index (χ1v) is 21.3. The lowest BCUT2D eigenvalue weighted by atomic mass is 9.71. The minimum absolute atomic E-state index is 0.0327. The summed E-state index contributed by atoms with van der Waals surface area (Å²) in [5.74, 6) is -2.19. The smallest absolute Gasteiger partial charge is 0.407 e. The highest BCUT2D eigenvalue weighted by Crippen LogP contribution is 2.41. The summed E-state index contributed by atoms with van der Waals surface area (Å²) in [6.07, 6.45) is 1.21. The maximum atomic E-state index is 14.2. The summed E-state index contributed by atoms with van der Waals surface area (Å²) < 4.78 is 5.32. The summed E-state index contributed by atoms with van der Waals surface area (Å²) in [5.41, 5.74) is 0.703. The quantitative estimate of drug-likeness (QED) is 0.113. The first kappa shape index (κ1) is 48.0. The molecule has 0 radical (unpaired) electrons. The second-order valence-electron chi connectivity index (χ2n) is 17.8. The second kappa shape index (κ2) is 22.3. The van der Waals surface area contributed by atoms with Gasteiger partial charge < -0.3 is 46.2 Å². The van der Waals surface area contributed by atoms with Crippen LogP contribution >= 0.6 is 0 Å². The van der Waals surface area contributed by atoms with Crippen molar-refractivity contribution in [1.82, 2.24) is 36.4 Å². The molecule has 2 saturated heterocycles. The van der Waals surface area contributed by atoms with E-state index in [1.807, 2.05) is 24.8 Å². The topological polar surface area (TPSA) is 216 Å². The molecule has 334 valence electrons. The van der Waals surface area contributed by atoms with E-state index < -0.39 is 59.7 Å². The maximum absolute atomic E-state index is 14.2. The van der Waals surface area contributed by atoms with E-state index in [1.54, 1.807) is 87.2 Å². The molecule has 2 aromatic rings. The lowest BCUT2D eigenvalue weighted by Crippen LogP contribution is -2.65. The fraction of sp³-hybridized carbons (Fsp3) is 0.578. The summed E-state index contributed by atoms with van der Waals surface area (Å²) in [6, 6.07) is 13.5. The van der Waals surface area contributed by atoms with Gasteiger partial charge in [-0.25, -0.2) is 9.59 Å². The van der Waals surface area contributed by atoms with Crippen LogP contribution in [0.3, 0.4) is 0 Å². The molecule has 16 heteroatoms. The molecule has 2 aliphatic rings. The minimum Gasteiger partial charge on any atom is -0.465 e. The SMILES string of the molecule is CC(=O)N1CCC2(CC1)CN(C(=O)[C@@H](CCCCNC(=O)OC(C)(C)C)NC(=O)[C@@H](CC(C)C)NC(=O)[C@@H](Cc1ccccc1)NC(=O)[C@@H](Cc1ccccc1)NC(=O)O)C2. The number of nitrogens with zero attached hydrogens (tertiary/aromatic N) is 2. The zero-order chi connectivity index (χ0) is 44.7. The number of amides is 7. The van der Waals surface area contributed by atoms with Crippen molar-refractivity contribution in [3.63, 3.8) is 0 Å². The molecule has 2 aromatic carbocycles. The summed E-state index contributed by atoms with van der Waals surface area (Å²) in [5, 5.41) is 23.1. The van der Waals surface area contributed by atoms with Crippen molar-refractivity contribution in [1.29, 1.82) is 0 Å². The lowest BCUT2D eigenvalue weighted by molar-refractivity contribution is -0.153. The van der Waals surface area contributed by atoms with Gasteiger partial charge in [-0.2, -0.15) is 0 Å². The number of likely N-dealkylation sites (tertiary alicyclic amines) is 2. The molecule has 2 heterocycles. The van der Waals surface area contributed by atoms with Crippen LogP contribution in [0.2, 0.25) is 0 Å². The summed E-state index contributed by atoms with van der Waals surface area (Å²) in [6.45, 7) is 13.3. The van der Waals surface area contributed by atoms with Gasteiger partial charge in [0.05, 0.1) is 0 Å². The van der Waals surface area contributed by atoms with Crippen LogP contribution in [0.1, 0.15) is 91.2 Å². The van der Waals surface area contributed by atoms with Crippen LogP contribution in [0, 0.1) is 11.3 Å². The number of carboxylic acid groups (broad SMARTS) is 1. The highest BCUT2D eigenvalue weighted by molar-refractivity contribution is 5.95. The zero-order valence-corrected chi connectivity index (χ0v) is 36.5. The van der Waals surface area contributed by atoms with Crippen molar-refractivity contribution in [2.24, 2.45) is 11.3 Å². The standard InChI is InChI=1S/C45H65N7O9/c1-30(2)25-35(48-39(55)36(26-32-15-9-7-10-16-32)49-40(56)37(50-42(58)59)27-33-17-11-8-12-18-33)38(54)47-34(19-13-14-22-46-43(60)61-44(4,5)6)41(57)52-28-45(29-52)20-23-51(24-21-45)31(3)53/h7-12,15-18,30,34-37,50H,13-14,19-29H2,1-6H3,(H,46,60)(H,47,54)(H,48,55)(H,49,56)(H,58,59)/t34-,35-,36-,37-/m1/s1. The predicted molar refractivity (Wildman–Crippen MR) is 229 cm³/mol. The van der Waals surface area contributed by atoms with Crippen LogP contribution < -0.4 is 26.6 Å². The molecule has 16 nitrogen and oxygen atoms in total. The van der Waals surface area contributed by atoms with Gasteiger partial charge in [-0.3, -0.25) is 24.0 Å². The Morgan fingerprint density at radius 2 is 1.20 bits per heavy atom. The van der Waals surface area contributed by atoms with Crippen molar-refractivity contribution in [3.05, 3.63) is 71.8 Å². The van der Waals surface area contributed by atoms with E-state index in [1.165, 1.54) is 0 Å². The lowest BCUT2D eigenvalue weighted by Gasteiger charge is -2.54. The van der Waals surface area contributed by atoms with Crippen molar-refractivity contribution >= 4 is 41.7 Å². The van der Waals surface area contributed by atoms with Crippen LogP contribution in [0.15, 0.2) is 60.7 Å². The molecule has 0 aliphatic carbocycles. The Morgan fingerprint density at radius 1 is 0.705 bits per heavy atom. The first-order chi connectivity index (χ1) is 28.8. The van der Waals surface area contributed by atoms with Crippen molar-refractivity contribution in [3.8, 4) is 0 Å². The van der Waals surface area contributed by atoms with Crippen LogP contribution in [-0.2, 0) is 41.6 Å². The molecule has 2 fully saturated rings. The normalized spacial score (nSPS) is 16.6. The zero-order valence-electron chi connectivity index (χ0n) is 36.5. The van der Waals surface area contributed by atoms with Crippen molar-refractivity contribution in [2.45, 2.75) is 123 Å². The molecule has 6 N–H and O–H groups in total. The maximum Gasteiger partial charge on any atom is 0.407 e. The molecule has 0 saturated carbocycles. The number of hydrogen-bond donors (Lipinski definition) is 6. The number of hydrogen-bond acceptors (Lipinski definition) is 8. The molecule has 2 aliphatic heterocycles. The Kier molecular flexibility index (Phi) is 17.5. The molecule has 4 rings (SSSR count). The van der Waals surface area contributed by atoms with E-state index in [4.69, 9.17) is 4.74 Å². The number of nitrogens with one attached hydrogen (secondary N) is 5. The van der Waals surface area contributed by atoms with Crippen molar-refractivity contribution in [2.75, 3.05) is 32.7 Å². The number of piperidine rings is 1. The average molecular weight is 848 g/mol.